The van der Waals surface area contributed by atoms with E-state index in [1.807, 2.05) is 6.08 Å². The van der Waals surface area contributed by atoms with E-state index in [4.69, 9.17) is 14.2 Å². The van der Waals surface area contributed by atoms with Crippen LogP contribution >= 0.6 is 0 Å². The highest BCUT2D eigenvalue weighted by molar-refractivity contribution is 5.71. The second-order valence-corrected chi connectivity index (χ2v) is 18.8. The minimum absolute atomic E-state index is 0.124. The van der Waals surface area contributed by atoms with Crippen LogP contribution in [0.5, 0.6) is 0 Å². The molecule has 402 valence electrons. The van der Waals surface area contributed by atoms with Gasteiger partial charge in [-0.3, -0.25) is 14.4 Å². The average molecular weight is 984 g/mol. The lowest BCUT2D eigenvalue weighted by atomic mass is 10.1. The lowest BCUT2D eigenvalue weighted by Crippen LogP contribution is -2.30. The standard InChI is InChI=1S/C65H106O6/c1-4-7-10-13-16-19-22-25-28-30-32-34-37-39-42-45-48-51-54-57-63(66)69-60-62(71-65(68)59-56-53-50-47-44-41-36-27-24-21-18-15-12-9-6-3)61-70-64(67)58-55-52-49-46-43-40-38-35-33-31-29-26-23-20-17-14-11-8-5-2/h16-17,19-20,25-29,32-36,39-40,42-43,48,51,62H,4-15,18,21-24,30-31,37-38,41,44-47,49-50,52-61H2,1-3H3/b19-16-,20-17-,28-25-,29-26-,34-32-,35-33-,36-27-,42-39-,43-40-,51-48-/t62-/m1/s1. The van der Waals surface area contributed by atoms with Gasteiger partial charge in [0.15, 0.2) is 6.10 Å². The molecule has 0 radical (unpaired) electrons. The van der Waals surface area contributed by atoms with Crippen molar-refractivity contribution in [3.05, 3.63) is 122 Å². The zero-order valence-corrected chi connectivity index (χ0v) is 45.9. The van der Waals surface area contributed by atoms with Crippen molar-refractivity contribution in [1.82, 2.24) is 0 Å². The fourth-order valence-electron chi connectivity index (χ4n) is 7.52. The molecule has 0 N–H and O–H groups in total. The van der Waals surface area contributed by atoms with Crippen molar-refractivity contribution in [2.45, 2.75) is 258 Å². The van der Waals surface area contributed by atoms with Crippen molar-refractivity contribution in [1.29, 1.82) is 0 Å². The van der Waals surface area contributed by atoms with E-state index in [0.717, 1.165) is 103 Å². The normalized spacial score (nSPS) is 13.0. The predicted octanol–water partition coefficient (Wildman–Crippen LogP) is 19.6. The van der Waals surface area contributed by atoms with Gasteiger partial charge in [-0.2, -0.15) is 0 Å². The Morgan fingerprint density at radius 3 is 0.930 bits per heavy atom. The first kappa shape index (κ1) is 66.8. The van der Waals surface area contributed by atoms with Gasteiger partial charge in [-0.1, -0.05) is 226 Å². The van der Waals surface area contributed by atoms with Crippen LogP contribution in [0.1, 0.15) is 252 Å². The van der Waals surface area contributed by atoms with Crippen LogP contribution in [0, 0.1) is 0 Å². The summed E-state index contributed by atoms with van der Waals surface area (Å²) in [4.78, 5) is 38.1. The van der Waals surface area contributed by atoms with Crippen LogP contribution in [0.15, 0.2) is 122 Å². The Morgan fingerprint density at radius 2 is 0.535 bits per heavy atom. The van der Waals surface area contributed by atoms with Crippen molar-refractivity contribution in [3.8, 4) is 0 Å². The Hall–Kier alpha value is -4.19. The molecule has 0 unspecified atom stereocenters. The van der Waals surface area contributed by atoms with Crippen LogP contribution in [0.25, 0.3) is 0 Å². The molecule has 1 atom stereocenters. The van der Waals surface area contributed by atoms with E-state index < -0.39 is 6.10 Å². The molecule has 0 aromatic heterocycles. The first-order valence-corrected chi connectivity index (χ1v) is 29.0. The summed E-state index contributed by atoms with van der Waals surface area (Å²) in [6.45, 7) is 6.48. The first-order valence-electron chi connectivity index (χ1n) is 29.0. The summed E-state index contributed by atoms with van der Waals surface area (Å²) in [5, 5.41) is 0. The second-order valence-electron chi connectivity index (χ2n) is 18.8. The molecule has 0 spiro atoms. The number of carbonyl (C=O) groups is 3. The number of allylic oxidation sites excluding steroid dienone is 20. The average Bonchev–Trinajstić information content (AvgIpc) is 3.37. The zero-order chi connectivity index (χ0) is 51.4. The van der Waals surface area contributed by atoms with Crippen molar-refractivity contribution in [3.63, 3.8) is 0 Å². The Balaban J connectivity index is 4.58. The molecule has 0 aliphatic heterocycles. The molecule has 0 amide bonds. The van der Waals surface area contributed by atoms with Crippen LogP contribution in [0.3, 0.4) is 0 Å². The lowest BCUT2D eigenvalue weighted by molar-refractivity contribution is -0.166. The molecule has 0 rings (SSSR count). The van der Waals surface area contributed by atoms with Crippen LogP contribution < -0.4 is 0 Å². The number of hydrogen-bond acceptors (Lipinski definition) is 6. The van der Waals surface area contributed by atoms with Crippen LogP contribution in [-0.4, -0.2) is 37.2 Å². The van der Waals surface area contributed by atoms with Gasteiger partial charge in [0.1, 0.15) is 13.2 Å². The molecule has 6 heteroatoms. The third-order valence-electron chi connectivity index (χ3n) is 11.9. The van der Waals surface area contributed by atoms with Gasteiger partial charge in [0.25, 0.3) is 0 Å². The quantitative estimate of drug-likeness (QED) is 0.0261. The van der Waals surface area contributed by atoms with Crippen LogP contribution in [-0.2, 0) is 28.6 Å². The Bertz CT molecular complexity index is 1500. The van der Waals surface area contributed by atoms with E-state index >= 15 is 0 Å². The van der Waals surface area contributed by atoms with Gasteiger partial charge in [0.2, 0.25) is 0 Å². The van der Waals surface area contributed by atoms with E-state index in [-0.39, 0.29) is 37.5 Å². The van der Waals surface area contributed by atoms with Crippen molar-refractivity contribution in [2.75, 3.05) is 13.2 Å². The molecule has 71 heavy (non-hydrogen) atoms. The molecule has 0 aromatic carbocycles. The largest absolute Gasteiger partial charge is 0.462 e. The number of carbonyl (C=O) groups excluding carboxylic acids is 3. The first-order chi connectivity index (χ1) is 35.0. The molecule has 0 fully saturated rings. The number of unbranched alkanes of at least 4 members (excludes halogenated alkanes) is 20. The highest BCUT2D eigenvalue weighted by Gasteiger charge is 2.19. The van der Waals surface area contributed by atoms with Gasteiger partial charge >= 0.3 is 17.9 Å². The minimum Gasteiger partial charge on any atom is -0.462 e. The number of rotatable bonds is 51. The highest BCUT2D eigenvalue weighted by Crippen LogP contribution is 2.13. The molecule has 0 saturated heterocycles. The molecule has 0 aromatic rings. The van der Waals surface area contributed by atoms with Crippen LogP contribution in [0.2, 0.25) is 0 Å². The lowest BCUT2D eigenvalue weighted by Gasteiger charge is -2.18. The second kappa shape index (κ2) is 58.4. The van der Waals surface area contributed by atoms with Gasteiger partial charge in [-0.05, 0) is 128 Å². The maximum atomic E-state index is 12.8. The fourth-order valence-corrected chi connectivity index (χ4v) is 7.52. The molecule has 0 heterocycles. The van der Waals surface area contributed by atoms with E-state index in [9.17, 15) is 14.4 Å². The third kappa shape index (κ3) is 56.6. The molecule has 0 bridgehead atoms. The van der Waals surface area contributed by atoms with E-state index in [2.05, 4.69) is 136 Å². The number of hydrogen-bond donors (Lipinski definition) is 0. The molecule has 0 aliphatic carbocycles. The fraction of sp³-hybridized carbons (Fsp3) is 0.646. The van der Waals surface area contributed by atoms with Gasteiger partial charge in [-0.15, -0.1) is 0 Å². The van der Waals surface area contributed by atoms with Gasteiger partial charge in [-0.25, -0.2) is 0 Å². The predicted molar refractivity (Wildman–Crippen MR) is 306 cm³/mol. The summed E-state index contributed by atoms with van der Waals surface area (Å²) in [5.41, 5.74) is 0. The summed E-state index contributed by atoms with van der Waals surface area (Å²) in [6, 6.07) is 0. The molecule has 0 saturated carbocycles. The summed E-state index contributed by atoms with van der Waals surface area (Å²) in [7, 11) is 0. The van der Waals surface area contributed by atoms with Crippen molar-refractivity contribution in [2.24, 2.45) is 0 Å². The summed E-state index contributed by atoms with van der Waals surface area (Å²) in [6.07, 6.45) is 80.5. The van der Waals surface area contributed by atoms with E-state index in [0.29, 0.717) is 19.3 Å². The Morgan fingerprint density at radius 1 is 0.282 bits per heavy atom. The highest BCUT2D eigenvalue weighted by atomic mass is 16.6. The zero-order valence-electron chi connectivity index (χ0n) is 45.9. The SMILES string of the molecule is CCCCC/C=C\C/C=C\C/C=C\C/C=C\C/C=C\CCC(=O)OC[C@H](COC(=O)CCCCC/C=C\C/C=C\C/C=C\C/C=C\CCCCC)OC(=O)CCCCCCC/C=C\CCCCCCCC. The maximum absolute atomic E-state index is 12.8. The van der Waals surface area contributed by atoms with Crippen molar-refractivity contribution < 1.29 is 28.6 Å². The van der Waals surface area contributed by atoms with Crippen molar-refractivity contribution >= 4 is 17.9 Å². The Labute approximate surface area is 437 Å². The third-order valence-corrected chi connectivity index (χ3v) is 11.9. The summed E-state index contributed by atoms with van der Waals surface area (Å²) in [5.74, 6) is -1.05. The Kier molecular flexibility index (Phi) is 54.9. The number of esters is 3. The van der Waals surface area contributed by atoms with Crippen LogP contribution in [0.4, 0.5) is 0 Å². The van der Waals surface area contributed by atoms with Gasteiger partial charge in [0, 0.05) is 19.3 Å². The van der Waals surface area contributed by atoms with Gasteiger partial charge < -0.3 is 14.2 Å². The summed E-state index contributed by atoms with van der Waals surface area (Å²) < 4.78 is 16.8. The van der Waals surface area contributed by atoms with E-state index in [1.54, 1.807) is 0 Å². The monoisotopic (exact) mass is 983 g/mol. The van der Waals surface area contributed by atoms with Gasteiger partial charge in [0.05, 0.1) is 0 Å². The molecule has 6 nitrogen and oxygen atoms in total. The summed E-state index contributed by atoms with van der Waals surface area (Å²) >= 11 is 0. The van der Waals surface area contributed by atoms with E-state index in [1.165, 1.54) is 103 Å². The minimum atomic E-state index is -0.830. The molecular formula is C65H106O6. The topological polar surface area (TPSA) is 78.9 Å². The number of ether oxygens (including phenoxy) is 3. The molecular weight excluding hydrogens is 877 g/mol. The maximum Gasteiger partial charge on any atom is 0.306 e. The smallest absolute Gasteiger partial charge is 0.306 e. The molecule has 0 aliphatic rings.